The van der Waals surface area contributed by atoms with Crippen molar-refractivity contribution in [2.24, 2.45) is 0 Å². The van der Waals surface area contributed by atoms with Crippen molar-refractivity contribution in [3.8, 4) is 0 Å². The van der Waals surface area contributed by atoms with Gasteiger partial charge in [0.2, 0.25) is 11.8 Å². The van der Waals surface area contributed by atoms with Crippen LogP contribution in [0.3, 0.4) is 0 Å². The molecule has 110 valence electrons. The van der Waals surface area contributed by atoms with E-state index in [2.05, 4.69) is 16.0 Å². The summed E-state index contributed by atoms with van der Waals surface area (Å²) in [6, 6.07) is 0. The van der Waals surface area contributed by atoms with E-state index in [1.807, 2.05) is 52.1 Å². The van der Waals surface area contributed by atoms with E-state index in [4.69, 9.17) is 0 Å². The molecule has 0 bridgehead atoms. The van der Waals surface area contributed by atoms with Crippen molar-refractivity contribution in [1.82, 2.24) is 16.0 Å². The van der Waals surface area contributed by atoms with Gasteiger partial charge in [-0.3, -0.25) is 14.4 Å². The molecular formula is C11H19I2N3O3. The number of rotatable bonds is 8. The molecule has 0 saturated heterocycles. The molecule has 0 aromatic carbocycles. The van der Waals surface area contributed by atoms with Crippen LogP contribution < -0.4 is 16.0 Å². The predicted molar refractivity (Wildman–Crippen MR) is 90.4 cm³/mol. The Balaban J connectivity index is 3.79. The van der Waals surface area contributed by atoms with Crippen molar-refractivity contribution in [2.75, 3.05) is 13.1 Å². The largest absolute Gasteiger partial charge is 0.354 e. The second-order valence-electron chi connectivity index (χ2n) is 3.88. The molecule has 0 aromatic heterocycles. The van der Waals surface area contributed by atoms with E-state index in [0.29, 0.717) is 19.5 Å². The highest BCUT2D eigenvalue weighted by Crippen LogP contribution is 2.02. The van der Waals surface area contributed by atoms with Crippen molar-refractivity contribution in [1.29, 1.82) is 0 Å². The number of nitrogens with one attached hydrogen (secondary N) is 3. The Morgan fingerprint density at radius 3 is 2.16 bits per heavy atom. The van der Waals surface area contributed by atoms with Gasteiger partial charge < -0.3 is 16.0 Å². The Bertz CT molecular complexity index is 324. The molecule has 0 aliphatic heterocycles. The highest BCUT2D eigenvalue weighted by molar-refractivity contribution is 14.1. The smallest absolute Gasteiger partial charge is 0.252 e. The summed E-state index contributed by atoms with van der Waals surface area (Å²) in [5.74, 6) is -0.461. The summed E-state index contributed by atoms with van der Waals surface area (Å²) in [5, 5.41) is 7.93. The lowest BCUT2D eigenvalue weighted by Crippen LogP contribution is -2.46. The molecule has 0 aromatic rings. The Morgan fingerprint density at radius 1 is 1.05 bits per heavy atom. The molecular weight excluding hydrogens is 476 g/mol. The maximum absolute atomic E-state index is 11.6. The first-order valence-electron chi connectivity index (χ1n) is 6.01. The summed E-state index contributed by atoms with van der Waals surface area (Å²) < 4.78 is -0.787. The first-order valence-corrected chi connectivity index (χ1v) is 8.50. The minimum atomic E-state index is -0.603. The van der Waals surface area contributed by atoms with E-state index in [9.17, 15) is 14.4 Å². The number of halogens is 2. The number of carbonyl (C=O) groups excluding carboxylic acids is 3. The number of hydrogen-bond donors (Lipinski definition) is 3. The van der Waals surface area contributed by atoms with Crippen molar-refractivity contribution >= 4 is 62.9 Å². The lowest BCUT2D eigenvalue weighted by molar-refractivity contribution is -0.126. The van der Waals surface area contributed by atoms with Gasteiger partial charge in [-0.25, -0.2) is 0 Å². The summed E-state index contributed by atoms with van der Waals surface area (Å²) in [7, 11) is 0. The lowest BCUT2D eigenvalue weighted by Gasteiger charge is -2.14. The maximum atomic E-state index is 11.6. The predicted octanol–water partition coefficient (Wildman–Crippen LogP) is 0.720. The van der Waals surface area contributed by atoms with Gasteiger partial charge in [0.25, 0.3) is 5.91 Å². The molecule has 0 rings (SSSR count). The van der Waals surface area contributed by atoms with Crippen molar-refractivity contribution in [3.63, 3.8) is 0 Å². The van der Waals surface area contributed by atoms with Gasteiger partial charge in [0.05, 0.1) is 3.92 Å². The first-order chi connectivity index (χ1) is 8.88. The molecule has 8 heteroatoms. The van der Waals surface area contributed by atoms with Crippen LogP contribution in [0.15, 0.2) is 0 Å². The third-order valence-electron chi connectivity index (χ3n) is 2.08. The second-order valence-corrected chi connectivity index (χ2v) is 6.99. The fraction of sp³-hybridized carbons (Fsp3) is 0.727. The normalized spacial score (nSPS) is 13.3. The molecule has 0 fully saturated rings. The van der Waals surface area contributed by atoms with Crippen LogP contribution in [0.4, 0.5) is 0 Å². The summed E-state index contributed by atoms with van der Waals surface area (Å²) in [6.07, 6.45) is 1.29. The third-order valence-corrected chi connectivity index (χ3v) is 3.53. The Labute approximate surface area is 140 Å². The zero-order valence-corrected chi connectivity index (χ0v) is 15.3. The van der Waals surface area contributed by atoms with E-state index in [-0.39, 0.29) is 21.6 Å². The molecule has 3 amide bonds. The molecule has 6 nitrogen and oxygen atoms in total. The summed E-state index contributed by atoms with van der Waals surface area (Å²) in [4.78, 5) is 34.2. The first kappa shape index (κ1) is 18.9. The second kappa shape index (κ2) is 10.6. The monoisotopic (exact) mass is 495 g/mol. The molecule has 0 spiro atoms. The van der Waals surface area contributed by atoms with E-state index in [0.717, 1.165) is 6.42 Å². The molecule has 19 heavy (non-hydrogen) atoms. The van der Waals surface area contributed by atoms with Crippen LogP contribution in [-0.2, 0) is 14.4 Å². The van der Waals surface area contributed by atoms with E-state index in [1.165, 1.54) is 0 Å². The zero-order valence-electron chi connectivity index (χ0n) is 11.0. The molecule has 0 radical (unpaired) electrons. The standard InChI is InChI=1S/C11H19I2N3O3/c1-3-4-8(17)14-5-6-15-11(19)9(13)16-10(18)7(2)12/h7,9H,3-6H2,1-2H3,(H,14,17)(H,15,19)(H,16,18). The van der Waals surface area contributed by atoms with Crippen LogP contribution >= 0.6 is 45.2 Å². The van der Waals surface area contributed by atoms with Gasteiger partial charge in [0, 0.05) is 19.5 Å². The van der Waals surface area contributed by atoms with Crippen LogP contribution in [0.2, 0.25) is 0 Å². The zero-order chi connectivity index (χ0) is 14.8. The summed E-state index contributed by atoms with van der Waals surface area (Å²) in [5.41, 5.74) is 0. The highest BCUT2D eigenvalue weighted by atomic mass is 127. The Kier molecular flexibility index (Phi) is 10.6. The number of amides is 3. The topological polar surface area (TPSA) is 87.3 Å². The molecule has 2 unspecified atom stereocenters. The van der Waals surface area contributed by atoms with Gasteiger partial charge in [0.1, 0.15) is 0 Å². The van der Waals surface area contributed by atoms with Crippen LogP contribution in [0.1, 0.15) is 26.7 Å². The Hall–Kier alpha value is -0.130. The maximum Gasteiger partial charge on any atom is 0.252 e. The van der Waals surface area contributed by atoms with Gasteiger partial charge >= 0.3 is 0 Å². The number of hydrogen-bond acceptors (Lipinski definition) is 3. The minimum Gasteiger partial charge on any atom is -0.354 e. The van der Waals surface area contributed by atoms with Crippen LogP contribution in [0, 0.1) is 0 Å². The molecule has 2 atom stereocenters. The molecule has 0 saturated carbocycles. The quantitative estimate of drug-likeness (QED) is 0.201. The minimum absolute atomic E-state index is 0.0187. The van der Waals surface area contributed by atoms with E-state index >= 15 is 0 Å². The van der Waals surface area contributed by atoms with Gasteiger partial charge in [-0.2, -0.15) is 0 Å². The highest BCUT2D eigenvalue weighted by Gasteiger charge is 2.18. The van der Waals surface area contributed by atoms with E-state index < -0.39 is 4.05 Å². The molecule has 3 N–H and O–H groups in total. The third kappa shape index (κ3) is 9.41. The average molecular weight is 495 g/mol. The van der Waals surface area contributed by atoms with Crippen LogP contribution in [0.5, 0.6) is 0 Å². The van der Waals surface area contributed by atoms with Gasteiger partial charge in [-0.05, 0) is 35.9 Å². The fourth-order valence-corrected chi connectivity index (χ4v) is 1.80. The fourth-order valence-electron chi connectivity index (χ4n) is 1.10. The van der Waals surface area contributed by atoms with Crippen LogP contribution in [0.25, 0.3) is 0 Å². The van der Waals surface area contributed by atoms with Gasteiger partial charge in [-0.1, -0.05) is 29.5 Å². The number of alkyl halides is 2. The van der Waals surface area contributed by atoms with Gasteiger partial charge in [0.15, 0.2) is 4.05 Å². The number of carbonyl (C=O) groups is 3. The van der Waals surface area contributed by atoms with Crippen molar-refractivity contribution < 1.29 is 14.4 Å². The Morgan fingerprint density at radius 2 is 1.63 bits per heavy atom. The average Bonchev–Trinajstić information content (AvgIpc) is 2.34. The summed E-state index contributed by atoms with van der Waals surface area (Å²) >= 11 is 3.84. The van der Waals surface area contributed by atoms with E-state index in [1.54, 1.807) is 6.92 Å². The molecule has 0 aliphatic carbocycles. The SMILES string of the molecule is CCCC(=O)NCCNC(=O)C(I)NC(=O)C(C)I. The molecule has 0 aliphatic rings. The molecule has 0 heterocycles. The summed E-state index contributed by atoms with van der Waals surface area (Å²) in [6.45, 7) is 4.42. The van der Waals surface area contributed by atoms with Gasteiger partial charge in [-0.15, -0.1) is 0 Å². The van der Waals surface area contributed by atoms with Crippen LogP contribution in [-0.4, -0.2) is 38.8 Å². The van der Waals surface area contributed by atoms with Crippen molar-refractivity contribution in [2.45, 2.75) is 34.7 Å². The lowest BCUT2D eigenvalue weighted by atomic mass is 10.3. The van der Waals surface area contributed by atoms with Crippen molar-refractivity contribution in [3.05, 3.63) is 0 Å².